The number of nitrogens with one attached hydrogen (secondary N) is 1. The molecule has 4 nitrogen and oxygen atoms in total. The van der Waals surface area contributed by atoms with Crippen LogP contribution < -0.4 is 5.32 Å². The van der Waals surface area contributed by atoms with Gasteiger partial charge in [0.2, 0.25) is 5.91 Å². The molecule has 1 saturated carbocycles. The number of benzene rings is 1. The molecule has 1 N–H and O–H groups in total. The zero-order chi connectivity index (χ0) is 16.8. The standard InChI is InChI=1S/C18H21N3OS2/c1-13-5-4-8-15(11-13)24-18-17(19-9-10-20-18)23-12-16(22)21-14-6-2-3-7-14/h4-5,8-11,14H,2-3,6-7,12H2,1H3,(H,21,22). The Bertz CT molecular complexity index is 702. The van der Waals surface area contributed by atoms with Crippen molar-refractivity contribution >= 4 is 29.4 Å². The molecule has 0 unspecified atom stereocenters. The number of nitrogens with zero attached hydrogens (tertiary/aromatic N) is 2. The van der Waals surface area contributed by atoms with Gasteiger partial charge in [-0.3, -0.25) is 4.79 Å². The van der Waals surface area contributed by atoms with Crippen LogP contribution in [0.2, 0.25) is 0 Å². The number of thioether (sulfide) groups is 1. The molecule has 0 atom stereocenters. The van der Waals surface area contributed by atoms with Gasteiger partial charge in [0.1, 0.15) is 10.1 Å². The zero-order valence-electron chi connectivity index (χ0n) is 13.7. The Morgan fingerprint density at radius 1 is 1.21 bits per heavy atom. The molecule has 24 heavy (non-hydrogen) atoms. The van der Waals surface area contributed by atoms with E-state index in [0.29, 0.717) is 11.8 Å². The fourth-order valence-electron chi connectivity index (χ4n) is 2.75. The highest BCUT2D eigenvalue weighted by Crippen LogP contribution is 2.32. The van der Waals surface area contributed by atoms with Crippen molar-refractivity contribution < 1.29 is 4.79 Å². The molecule has 1 fully saturated rings. The Morgan fingerprint density at radius 3 is 2.71 bits per heavy atom. The third-order valence-corrected chi connectivity index (χ3v) is 5.99. The number of hydrogen-bond donors (Lipinski definition) is 1. The molecule has 1 heterocycles. The van der Waals surface area contributed by atoms with Gasteiger partial charge >= 0.3 is 0 Å². The summed E-state index contributed by atoms with van der Waals surface area (Å²) < 4.78 is 0. The second-order valence-electron chi connectivity index (χ2n) is 5.92. The van der Waals surface area contributed by atoms with Crippen LogP contribution in [0.3, 0.4) is 0 Å². The topological polar surface area (TPSA) is 54.9 Å². The van der Waals surface area contributed by atoms with Gasteiger partial charge < -0.3 is 5.32 Å². The van der Waals surface area contributed by atoms with Crippen molar-refractivity contribution in [1.29, 1.82) is 0 Å². The van der Waals surface area contributed by atoms with E-state index in [1.807, 2.05) is 6.07 Å². The minimum absolute atomic E-state index is 0.0871. The van der Waals surface area contributed by atoms with Gasteiger partial charge in [0, 0.05) is 23.3 Å². The number of rotatable bonds is 6. The molecule has 1 aromatic carbocycles. The molecule has 6 heteroatoms. The van der Waals surface area contributed by atoms with Gasteiger partial charge in [-0.05, 0) is 31.9 Å². The second kappa shape index (κ2) is 8.53. The molecule has 3 rings (SSSR count). The van der Waals surface area contributed by atoms with Crippen molar-refractivity contribution in [2.75, 3.05) is 5.75 Å². The van der Waals surface area contributed by atoms with E-state index in [2.05, 4.69) is 40.4 Å². The fourth-order valence-corrected chi connectivity index (χ4v) is 4.58. The summed E-state index contributed by atoms with van der Waals surface area (Å²) >= 11 is 3.04. The smallest absolute Gasteiger partial charge is 0.230 e. The SMILES string of the molecule is Cc1cccc(Sc2nccnc2SCC(=O)NC2CCCC2)c1. The van der Waals surface area contributed by atoms with Crippen molar-refractivity contribution in [3.63, 3.8) is 0 Å². The van der Waals surface area contributed by atoms with Gasteiger partial charge in [0.15, 0.2) is 0 Å². The molecule has 126 valence electrons. The first-order valence-corrected chi connectivity index (χ1v) is 9.98. The van der Waals surface area contributed by atoms with Crippen LogP contribution in [-0.4, -0.2) is 27.7 Å². The molecule has 1 amide bonds. The molecule has 0 aliphatic heterocycles. The van der Waals surface area contributed by atoms with Gasteiger partial charge in [-0.1, -0.05) is 54.1 Å². The van der Waals surface area contributed by atoms with Crippen LogP contribution in [0.15, 0.2) is 51.6 Å². The Hall–Kier alpha value is -1.53. The van der Waals surface area contributed by atoms with Crippen LogP contribution in [0, 0.1) is 6.92 Å². The van der Waals surface area contributed by atoms with E-state index in [1.54, 1.807) is 24.2 Å². The third kappa shape index (κ3) is 4.98. The van der Waals surface area contributed by atoms with Gasteiger partial charge in [-0.15, -0.1) is 0 Å². The monoisotopic (exact) mass is 359 g/mol. The lowest BCUT2D eigenvalue weighted by Gasteiger charge is -2.12. The Balaban J connectivity index is 1.60. The molecule has 1 aromatic heterocycles. The number of amides is 1. The van der Waals surface area contributed by atoms with Crippen LogP contribution in [-0.2, 0) is 4.79 Å². The first-order chi connectivity index (χ1) is 11.7. The van der Waals surface area contributed by atoms with Crippen LogP contribution in [0.5, 0.6) is 0 Å². The molecule has 0 spiro atoms. The van der Waals surface area contributed by atoms with E-state index in [4.69, 9.17) is 0 Å². The quantitative estimate of drug-likeness (QED) is 0.788. The molecular formula is C18H21N3OS2. The summed E-state index contributed by atoms with van der Waals surface area (Å²) in [6.45, 7) is 2.07. The minimum Gasteiger partial charge on any atom is -0.353 e. The zero-order valence-corrected chi connectivity index (χ0v) is 15.3. The molecule has 1 aliphatic rings. The predicted octanol–water partition coefficient (Wildman–Crippen LogP) is 4.09. The van der Waals surface area contributed by atoms with Crippen LogP contribution in [0.1, 0.15) is 31.2 Å². The van der Waals surface area contributed by atoms with E-state index < -0.39 is 0 Å². The van der Waals surface area contributed by atoms with E-state index in [-0.39, 0.29) is 5.91 Å². The van der Waals surface area contributed by atoms with Crippen molar-refractivity contribution in [3.05, 3.63) is 42.2 Å². The third-order valence-electron chi connectivity index (χ3n) is 3.90. The van der Waals surface area contributed by atoms with E-state index >= 15 is 0 Å². The lowest BCUT2D eigenvalue weighted by molar-refractivity contribution is -0.119. The van der Waals surface area contributed by atoms with Gasteiger partial charge in [-0.25, -0.2) is 9.97 Å². The number of carbonyl (C=O) groups excluding carboxylic acids is 1. The van der Waals surface area contributed by atoms with Crippen LogP contribution in [0.25, 0.3) is 0 Å². The summed E-state index contributed by atoms with van der Waals surface area (Å²) in [5, 5.41) is 4.77. The van der Waals surface area contributed by atoms with Gasteiger partial charge in [0.05, 0.1) is 5.75 Å². The van der Waals surface area contributed by atoms with E-state index in [9.17, 15) is 4.79 Å². The minimum atomic E-state index is 0.0871. The maximum absolute atomic E-state index is 12.1. The highest BCUT2D eigenvalue weighted by Gasteiger charge is 2.17. The van der Waals surface area contributed by atoms with E-state index in [1.165, 1.54) is 30.2 Å². The average molecular weight is 360 g/mol. The number of carbonyl (C=O) groups is 1. The van der Waals surface area contributed by atoms with Crippen LogP contribution in [0.4, 0.5) is 0 Å². The second-order valence-corrected chi connectivity index (χ2v) is 7.95. The summed E-state index contributed by atoms with van der Waals surface area (Å²) in [7, 11) is 0. The van der Waals surface area contributed by atoms with Gasteiger partial charge in [0.25, 0.3) is 0 Å². The maximum Gasteiger partial charge on any atom is 0.230 e. The Morgan fingerprint density at radius 2 is 1.96 bits per heavy atom. The van der Waals surface area contributed by atoms with Crippen LogP contribution >= 0.6 is 23.5 Å². The molecule has 0 radical (unpaired) electrons. The van der Waals surface area contributed by atoms with Crippen molar-refractivity contribution in [2.24, 2.45) is 0 Å². The summed E-state index contributed by atoms with van der Waals surface area (Å²) in [5.41, 5.74) is 1.22. The molecule has 1 aliphatic carbocycles. The van der Waals surface area contributed by atoms with Crippen molar-refractivity contribution in [3.8, 4) is 0 Å². The molecule has 0 saturated heterocycles. The summed E-state index contributed by atoms with van der Waals surface area (Å²) in [4.78, 5) is 22.1. The maximum atomic E-state index is 12.1. The molecule has 0 bridgehead atoms. The number of aryl methyl sites for hydroxylation is 1. The fraction of sp³-hybridized carbons (Fsp3) is 0.389. The highest BCUT2D eigenvalue weighted by atomic mass is 32.2. The van der Waals surface area contributed by atoms with Crippen molar-refractivity contribution in [1.82, 2.24) is 15.3 Å². The van der Waals surface area contributed by atoms with E-state index in [0.717, 1.165) is 27.8 Å². The number of hydrogen-bond acceptors (Lipinski definition) is 5. The summed E-state index contributed by atoms with van der Waals surface area (Å²) in [6.07, 6.45) is 8.03. The summed E-state index contributed by atoms with van der Waals surface area (Å²) in [6, 6.07) is 8.66. The Labute approximate surface area is 151 Å². The normalized spacial score (nSPS) is 14.7. The van der Waals surface area contributed by atoms with Crippen molar-refractivity contribution in [2.45, 2.75) is 53.6 Å². The first-order valence-electron chi connectivity index (χ1n) is 8.18. The molecular weight excluding hydrogens is 338 g/mol. The summed E-state index contributed by atoms with van der Waals surface area (Å²) in [5.74, 6) is 0.473. The lowest BCUT2D eigenvalue weighted by Crippen LogP contribution is -2.33. The average Bonchev–Trinajstić information content (AvgIpc) is 3.07. The lowest BCUT2D eigenvalue weighted by atomic mass is 10.2. The predicted molar refractivity (Wildman–Crippen MR) is 98.5 cm³/mol. The largest absolute Gasteiger partial charge is 0.353 e. The first kappa shape index (κ1) is 17.3. The molecule has 2 aromatic rings. The van der Waals surface area contributed by atoms with Gasteiger partial charge in [-0.2, -0.15) is 0 Å². The number of aromatic nitrogens is 2. The Kier molecular flexibility index (Phi) is 6.15. The highest BCUT2D eigenvalue weighted by molar-refractivity contribution is 8.02.